The van der Waals surface area contributed by atoms with Crippen molar-refractivity contribution in [2.45, 2.75) is 38.9 Å². The Bertz CT molecular complexity index is 700. The number of halogens is 1. The highest BCUT2D eigenvalue weighted by molar-refractivity contribution is 5.76. The lowest BCUT2D eigenvalue weighted by molar-refractivity contribution is 0.161. The Kier molecular flexibility index (Phi) is 3.88. The van der Waals surface area contributed by atoms with Gasteiger partial charge in [-0.1, -0.05) is 12.1 Å². The van der Waals surface area contributed by atoms with Crippen LogP contribution in [0.3, 0.4) is 0 Å². The number of nitrogens with zero attached hydrogens (tertiary/aromatic N) is 2. The van der Waals surface area contributed by atoms with Gasteiger partial charge in [0.2, 0.25) is 0 Å². The number of carbonyl (C=O) groups excluding carboxylic acids is 1. The normalized spacial score (nSPS) is 17.7. The predicted octanol–water partition coefficient (Wildman–Crippen LogP) is 3.54. The minimum atomic E-state index is -0.302. The van der Waals surface area contributed by atoms with Gasteiger partial charge < -0.3 is 14.8 Å². The van der Waals surface area contributed by atoms with Gasteiger partial charge in [-0.2, -0.15) is 0 Å². The van der Waals surface area contributed by atoms with Crippen molar-refractivity contribution in [3.05, 3.63) is 59.7 Å². The molecule has 1 atom stereocenters. The van der Waals surface area contributed by atoms with Crippen LogP contribution in [0.5, 0.6) is 0 Å². The Hall–Kier alpha value is -2.30. The average molecular weight is 315 g/mol. The van der Waals surface area contributed by atoms with Crippen LogP contribution in [-0.4, -0.2) is 27.6 Å². The first-order valence-corrected chi connectivity index (χ1v) is 7.84. The van der Waals surface area contributed by atoms with Crippen molar-refractivity contribution in [2.75, 3.05) is 6.54 Å². The summed E-state index contributed by atoms with van der Waals surface area (Å²) in [6, 6.07) is 10.1. The van der Waals surface area contributed by atoms with Crippen LogP contribution < -0.4 is 5.32 Å². The molecule has 1 N–H and O–H groups in total. The highest BCUT2D eigenvalue weighted by Gasteiger charge is 2.33. The number of fused-ring (bicyclic) bond motifs is 1. The number of hydrogen-bond acceptors (Lipinski definition) is 1. The maximum absolute atomic E-state index is 13.3. The number of nitrogens with one attached hydrogen (secondary N) is 1. The summed E-state index contributed by atoms with van der Waals surface area (Å²) in [6.45, 7) is 7.27. The molecule has 0 aliphatic carbocycles. The minimum Gasteiger partial charge on any atom is -0.348 e. The second kappa shape index (κ2) is 5.72. The van der Waals surface area contributed by atoms with Gasteiger partial charge in [-0.25, -0.2) is 9.18 Å². The molecular weight excluding hydrogens is 293 g/mol. The van der Waals surface area contributed by atoms with Gasteiger partial charge in [0.25, 0.3) is 0 Å². The smallest absolute Gasteiger partial charge is 0.318 e. The molecule has 1 aliphatic rings. The highest BCUT2D eigenvalue weighted by Crippen LogP contribution is 2.32. The third-order valence-electron chi connectivity index (χ3n) is 3.97. The number of benzene rings is 1. The van der Waals surface area contributed by atoms with Crippen LogP contribution in [0.2, 0.25) is 0 Å². The molecule has 2 aromatic rings. The fourth-order valence-corrected chi connectivity index (χ4v) is 2.99. The lowest BCUT2D eigenvalue weighted by atomic mass is 10.00. The standard InChI is InChI=1S/C18H22FN3O/c1-18(2,3)20-17(23)22-12-11-21-10-4-5-15(21)16(22)13-6-8-14(19)9-7-13/h4-10,16H,11-12H2,1-3H3,(H,20,23). The Morgan fingerprint density at radius 2 is 1.87 bits per heavy atom. The molecule has 0 spiro atoms. The molecule has 1 unspecified atom stereocenters. The first kappa shape index (κ1) is 15.6. The molecule has 3 rings (SSSR count). The van der Waals surface area contributed by atoms with Gasteiger partial charge in [-0.15, -0.1) is 0 Å². The van der Waals surface area contributed by atoms with Crippen molar-refractivity contribution < 1.29 is 9.18 Å². The maximum Gasteiger partial charge on any atom is 0.318 e. The summed E-state index contributed by atoms with van der Waals surface area (Å²) < 4.78 is 15.4. The summed E-state index contributed by atoms with van der Waals surface area (Å²) in [5.41, 5.74) is 1.66. The number of carbonyl (C=O) groups is 1. The predicted molar refractivity (Wildman–Crippen MR) is 87.7 cm³/mol. The van der Waals surface area contributed by atoms with Gasteiger partial charge in [-0.05, 0) is 50.6 Å². The van der Waals surface area contributed by atoms with Crippen LogP contribution in [0, 0.1) is 5.82 Å². The van der Waals surface area contributed by atoms with Crippen molar-refractivity contribution >= 4 is 6.03 Å². The van der Waals surface area contributed by atoms with E-state index in [0.717, 1.165) is 17.8 Å². The second-order valence-electron chi connectivity index (χ2n) is 6.95. The van der Waals surface area contributed by atoms with E-state index in [2.05, 4.69) is 9.88 Å². The number of aromatic nitrogens is 1. The molecule has 122 valence electrons. The molecule has 0 radical (unpaired) electrons. The monoisotopic (exact) mass is 315 g/mol. The van der Waals surface area contributed by atoms with Gasteiger partial charge >= 0.3 is 6.03 Å². The molecule has 0 saturated carbocycles. The maximum atomic E-state index is 13.3. The number of amides is 2. The molecule has 2 heterocycles. The van der Waals surface area contributed by atoms with E-state index < -0.39 is 0 Å². The van der Waals surface area contributed by atoms with Crippen molar-refractivity contribution in [3.8, 4) is 0 Å². The van der Waals surface area contributed by atoms with Crippen LogP contribution in [0.4, 0.5) is 9.18 Å². The fraction of sp³-hybridized carbons (Fsp3) is 0.389. The van der Waals surface area contributed by atoms with E-state index in [1.165, 1.54) is 12.1 Å². The van der Waals surface area contributed by atoms with E-state index in [0.29, 0.717) is 6.54 Å². The Morgan fingerprint density at radius 3 is 2.52 bits per heavy atom. The summed E-state index contributed by atoms with van der Waals surface area (Å²) in [4.78, 5) is 14.6. The largest absolute Gasteiger partial charge is 0.348 e. The van der Waals surface area contributed by atoms with E-state index in [4.69, 9.17) is 0 Å². The van der Waals surface area contributed by atoms with Crippen LogP contribution in [0.15, 0.2) is 42.6 Å². The molecule has 2 amide bonds. The Balaban J connectivity index is 1.98. The molecule has 5 heteroatoms. The molecule has 0 fully saturated rings. The van der Waals surface area contributed by atoms with E-state index in [-0.39, 0.29) is 23.4 Å². The highest BCUT2D eigenvalue weighted by atomic mass is 19.1. The zero-order valence-corrected chi connectivity index (χ0v) is 13.7. The van der Waals surface area contributed by atoms with Crippen LogP contribution in [-0.2, 0) is 6.54 Å². The summed E-state index contributed by atoms with van der Waals surface area (Å²) in [5, 5.41) is 3.03. The fourth-order valence-electron chi connectivity index (χ4n) is 2.99. The number of urea groups is 1. The van der Waals surface area contributed by atoms with E-state index in [1.54, 1.807) is 12.1 Å². The van der Waals surface area contributed by atoms with Crippen molar-refractivity contribution in [3.63, 3.8) is 0 Å². The van der Waals surface area contributed by atoms with Gasteiger partial charge in [0.05, 0.1) is 6.04 Å². The molecule has 23 heavy (non-hydrogen) atoms. The second-order valence-corrected chi connectivity index (χ2v) is 6.95. The lowest BCUT2D eigenvalue weighted by Crippen LogP contribution is -2.52. The van der Waals surface area contributed by atoms with Gasteiger partial charge in [0.15, 0.2) is 0 Å². The first-order valence-electron chi connectivity index (χ1n) is 7.84. The quantitative estimate of drug-likeness (QED) is 0.858. The Labute approximate surface area is 135 Å². The molecule has 0 saturated heterocycles. The Morgan fingerprint density at radius 1 is 1.17 bits per heavy atom. The van der Waals surface area contributed by atoms with Crippen LogP contribution in [0.1, 0.15) is 38.1 Å². The molecule has 1 aromatic heterocycles. The molecule has 1 aliphatic heterocycles. The first-order chi connectivity index (χ1) is 10.8. The SMILES string of the molecule is CC(C)(C)NC(=O)N1CCn2cccc2C1c1ccc(F)cc1. The molecule has 0 bridgehead atoms. The van der Waals surface area contributed by atoms with Crippen molar-refractivity contribution in [1.82, 2.24) is 14.8 Å². The summed E-state index contributed by atoms with van der Waals surface area (Å²) >= 11 is 0. The van der Waals surface area contributed by atoms with Crippen LogP contribution >= 0.6 is 0 Å². The molecule has 4 nitrogen and oxygen atoms in total. The third-order valence-corrected chi connectivity index (χ3v) is 3.97. The van der Waals surface area contributed by atoms with E-state index in [9.17, 15) is 9.18 Å². The zero-order chi connectivity index (χ0) is 16.6. The van der Waals surface area contributed by atoms with Gasteiger partial charge in [-0.3, -0.25) is 0 Å². The van der Waals surface area contributed by atoms with Crippen LogP contribution in [0.25, 0.3) is 0 Å². The van der Waals surface area contributed by atoms with Gasteiger partial charge in [0.1, 0.15) is 5.82 Å². The summed E-state index contributed by atoms with van der Waals surface area (Å²) in [7, 11) is 0. The summed E-state index contributed by atoms with van der Waals surface area (Å²) in [6.07, 6.45) is 2.02. The minimum absolute atomic E-state index is 0.0979. The summed E-state index contributed by atoms with van der Waals surface area (Å²) in [5.74, 6) is -0.273. The number of rotatable bonds is 1. The zero-order valence-electron chi connectivity index (χ0n) is 13.7. The van der Waals surface area contributed by atoms with E-state index >= 15 is 0 Å². The lowest BCUT2D eigenvalue weighted by Gasteiger charge is -2.38. The molecular formula is C18H22FN3O. The van der Waals surface area contributed by atoms with E-state index in [1.807, 2.05) is 44.0 Å². The van der Waals surface area contributed by atoms with Crippen molar-refractivity contribution in [2.24, 2.45) is 0 Å². The van der Waals surface area contributed by atoms with Crippen molar-refractivity contribution in [1.29, 1.82) is 0 Å². The molecule has 1 aromatic carbocycles. The third kappa shape index (κ3) is 3.23. The van der Waals surface area contributed by atoms with Gasteiger partial charge in [0, 0.05) is 30.5 Å². The topological polar surface area (TPSA) is 37.3 Å². The average Bonchev–Trinajstić information content (AvgIpc) is 2.93. The number of hydrogen-bond donors (Lipinski definition) is 1.